The van der Waals surface area contributed by atoms with Crippen LogP contribution in [-0.4, -0.2) is 29.4 Å². The lowest BCUT2D eigenvalue weighted by molar-refractivity contribution is 0.0280. The number of aromatic nitrogens is 2. The normalized spacial score (nSPS) is 22.1. The maximum Gasteiger partial charge on any atom is 0.216 e. The molecule has 0 bridgehead atoms. The van der Waals surface area contributed by atoms with Gasteiger partial charge in [0.25, 0.3) is 0 Å². The summed E-state index contributed by atoms with van der Waals surface area (Å²) in [5.41, 5.74) is 1.49. The van der Waals surface area contributed by atoms with Crippen LogP contribution in [0.5, 0.6) is 0 Å². The molecule has 1 fully saturated rings. The highest BCUT2D eigenvalue weighted by Gasteiger charge is 2.37. The predicted octanol–water partition coefficient (Wildman–Crippen LogP) is 2.01. The molecule has 24 heavy (non-hydrogen) atoms. The maximum atomic E-state index is 12.6. The summed E-state index contributed by atoms with van der Waals surface area (Å²) in [6, 6.07) is 6.38. The average molecular weight is 370 g/mol. The number of hydrogen-bond donors (Lipinski definition) is 2. The van der Waals surface area contributed by atoms with Gasteiger partial charge in [-0.15, -0.1) is 0 Å². The van der Waals surface area contributed by atoms with Gasteiger partial charge in [-0.1, -0.05) is 23.7 Å². The van der Waals surface area contributed by atoms with Gasteiger partial charge in [0.2, 0.25) is 10.0 Å². The summed E-state index contributed by atoms with van der Waals surface area (Å²) in [4.78, 5) is 0. The molecular formula is C16H20ClN3O3S. The summed E-state index contributed by atoms with van der Waals surface area (Å²) in [7, 11) is -1.75. The second-order valence-corrected chi connectivity index (χ2v) is 8.50. The zero-order valence-electron chi connectivity index (χ0n) is 13.3. The predicted molar refractivity (Wildman–Crippen MR) is 91.9 cm³/mol. The number of aliphatic hydroxyl groups excluding tert-OH is 1. The van der Waals surface area contributed by atoms with E-state index in [-0.39, 0.29) is 23.8 Å². The molecule has 1 atom stereocenters. The van der Waals surface area contributed by atoms with Gasteiger partial charge in [-0.25, -0.2) is 13.1 Å². The number of aryl methyl sites for hydroxylation is 1. The number of benzene rings is 1. The Morgan fingerprint density at radius 3 is 2.58 bits per heavy atom. The van der Waals surface area contributed by atoms with Crippen molar-refractivity contribution in [3.05, 3.63) is 52.8 Å². The largest absolute Gasteiger partial charge is 0.393 e. The van der Waals surface area contributed by atoms with E-state index in [1.54, 1.807) is 48.4 Å². The van der Waals surface area contributed by atoms with Crippen LogP contribution < -0.4 is 4.72 Å². The van der Waals surface area contributed by atoms with Gasteiger partial charge in [0.05, 0.1) is 24.1 Å². The summed E-state index contributed by atoms with van der Waals surface area (Å²) >= 11 is 5.83. The maximum absolute atomic E-state index is 12.6. The molecule has 1 aliphatic rings. The number of hydrogen-bond acceptors (Lipinski definition) is 4. The van der Waals surface area contributed by atoms with Crippen molar-refractivity contribution in [2.45, 2.75) is 30.7 Å². The second kappa shape index (κ2) is 6.84. The molecule has 0 aliphatic heterocycles. The van der Waals surface area contributed by atoms with Crippen LogP contribution in [0, 0.1) is 5.92 Å². The zero-order valence-corrected chi connectivity index (χ0v) is 14.8. The zero-order chi connectivity index (χ0) is 17.3. The van der Waals surface area contributed by atoms with Gasteiger partial charge in [-0.2, -0.15) is 5.10 Å². The highest BCUT2D eigenvalue weighted by molar-refractivity contribution is 7.88. The molecule has 1 saturated carbocycles. The molecule has 0 saturated heterocycles. The fraction of sp³-hybridized carbons (Fsp3) is 0.438. The number of aliphatic hydroxyl groups is 1. The fourth-order valence-electron chi connectivity index (χ4n) is 2.97. The summed E-state index contributed by atoms with van der Waals surface area (Å²) in [5.74, 6) is -0.0415. The lowest BCUT2D eigenvalue weighted by Crippen LogP contribution is -2.41. The molecule has 1 aliphatic carbocycles. The Hall–Kier alpha value is -1.41. The first-order valence-corrected chi connectivity index (χ1v) is 9.76. The lowest BCUT2D eigenvalue weighted by atomic mass is 9.76. The molecule has 1 heterocycles. The van der Waals surface area contributed by atoms with Gasteiger partial charge < -0.3 is 5.11 Å². The molecule has 0 unspecified atom stereocenters. The Balaban J connectivity index is 1.77. The van der Waals surface area contributed by atoms with Crippen molar-refractivity contribution in [3.8, 4) is 0 Å². The van der Waals surface area contributed by atoms with Crippen molar-refractivity contribution in [2.24, 2.45) is 13.0 Å². The molecule has 0 amide bonds. The van der Waals surface area contributed by atoms with Crippen LogP contribution in [0.1, 0.15) is 30.0 Å². The number of sulfonamides is 1. The van der Waals surface area contributed by atoms with E-state index in [9.17, 15) is 13.5 Å². The van der Waals surface area contributed by atoms with Gasteiger partial charge in [0.1, 0.15) is 0 Å². The fourth-order valence-corrected chi connectivity index (χ4v) is 4.53. The van der Waals surface area contributed by atoms with E-state index in [4.69, 9.17) is 11.6 Å². The van der Waals surface area contributed by atoms with Crippen LogP contribution in [-0.2, 0) is 22.8 Å². The Morgan fingerprint density at radius 1 is 1.38 bits per heavy atom. The van der Waals surface area contributed by atoms with Gasteiger partial charge in [-0.3, -0.25) is 4.68 Å². The summed E-state index contributed by atoms with van der Waals surface area (Å²) < 4.78 is 29.6. The van der Waals surface area contributed by atoms with Crippen LogP contribution in [0.2, 0.25) is 5.02 Å². The minimum atomic E-state index is -3.54. The topological polar surface area (TPSA) is 84.2 Å². The van der Waals surface area contributed by atoms with Crippen molar-refractivity contribution in [3.63, 3.8) is 0 Å². The van der Waals surface area contributed by atoms with Crippen molar-refractivity contribution >= 4 is 21.6 Å². The molecule has 0 radical (unpaired) electrons. The van der Waals surface area contributed by atoms with Crippen LogP contribution >= 0.6 is 11.6 Å². The minimum absolute atomic E-state index is 0.0733. The van der Waals surface area contributed by atoms with Crippen molar-refractivity contribution in [1.29, 1.82) is 0 Å². The minimum Gasteiger partial charge on any atom is -0.393 e. The summed E-state index contributed by atoms with van der Waals surface area (Å²) in [6.45, 7) is 0. The van der Waals surface area contributed by atoms with Crippen LogP contribution in [0.25, 0.3) is 0 Å². The average Bonchev–Trinajstić information content (AvgIpc) is 2.90. The standard InChI is InChI=1S/C16H20ClN3O3S/c1-20-9-13(8-18-20)16(12-6-15(21)7-12)19-24(22,23)10-11-2-4-14(17)5-3-11/h2-5,8-9,12,15-16,19,21H,6-7,10H2,1H3/t12?,15?,16-/m0/s1. The third kappa shape index (κ3) is 4.16. The van der Waals surface area contributed by atoms with Gasteiger partial charge in [-0.05, 0) is 36.5 Å². The van der Waals surface area contributed by atoms with Crippen molar-refractivity contribution < 1.29 is 13.5 Å². The molecule has 6 nitrogen and oxygen atoms in total. The molecule has 0 spiro atoms. The number of halogens is 1. The summed E-state index contributed by atoms with van der Waals surface area (Å²) in [6.07, 6.45) is 4.29. The third-order valence-electron chi connectivity index (χ3n) is 4.28. The van der Waals surface area contributed by atoms with Gasteiger partial charge >= 0.3 is 0 Å². The molecule has 1 aromatic carbocycles. The van der Waals surface area contributed by atoms with Crippen LogP contribution in [0.4, 0.5) is 0 Å². The highest BCUT2D eigenvalue weighted by Crippen LogP contribution is 2.38. The molecule has 8 heteroatoms. The van der Waals surface area contributed by atoms with E-state index in [1.807, 2.05) is 0 Å². The van der Waals surface area contributed by atoms with E-state index >= 15 is 0 Å². The molecule has 2 N–H and O–H groups in total. The Labute approximate surface area is 146 Å². The highest BCUT2D eigenvalue weighted by atomic mass is 35.5. The van der Waals surface area contributed by atoms with E-state index in [0.29, 0.717) is 23.4 Å². The Morgan fingerprint density at radius 2 is 2.04 bits per heavy atom. The lowest BCUT2D eigenvalue weighted by Gasteiger charge is -2.37. The van der Waals surface area contributed by atoms with Crippen molar-refractivity contribution in [2.75, 3.05) is 0 Å². The Kier molecular flexibility index (Phi) is 4.96. The van der Waals surface area contributed by atoms with Gasteiger partial charge in [0.15, 0.2) is 0 Å². The molecule has 2 aromatic rings. The first kappa shape index (κ1) is 17.4. The number of nitrogens with one attached hydrogen (secondary N) is 1. The van der Waals surface area contributed by atoms with E-state index in [0.717, 1.165) is 5.56 Å². The summed E-state index contributed by atoms with van der Waals surface area (Å²) in [5, 5.41) is 14.3. The Bertz CT molecular complexity index is 798. The second-order valence-electron chi connectivity index (χ2n) is 6.31. The van der Waals surface area contributed by atoms with Gasteiger partial charge in [0, 0.05) is 23.8 Å². The van der Waals surface area contributed by atoms with Crippen LogP contribution in [0.3, 0.4) is 0 Å². The smallest absolute Gasteiger partial charge is 0.216 e. The van der Waals surface area contributed by atoms with E-state index in [1.165, 1.54) is 0 Å². The SMILES string of the molecule is Cn1cc([C@@H](NS(=O)(=O)Cc2ccc(Cl)cc2)C2CC(O)C2)cn1. The molecule has 3 rings (SSSR count). The molecular weight excluding hydrogens is 350 g/mol. The molecule has 1 aromatic heterocycles. The number of nitrogens with zero attached hydrogens (tertiary/aromatic N) is 2. The monoisotopic (exact) mass is 369 g/mol. The van der Waals surface area contributed by atoms with E-state index < -0.39 is 10.0 Å². The first-order chi connectivity index (χ1) is 11.3. The van der Waals surface area contributed by atoms with Crippen molar-refractivity contribution in [1.82, 2.24) is 14.5 Å². The van der Waals surface area contributed by atoms with E-state index in [2.05, 4.69) is 9.82 Å². The number of rotatable bonds is 6. The third-order valence-corrected chi connectivity index (χ3v) is 5.86. The quantitative estimate of drug-likeness (QED) is 0.815. The molecule has 130 valence electrons. The first-order valence-electron chi connectivity index (χ1n) is 7.73. The van der Waals surface area contributed by atoms with Crippen LogP contribution in [0.15, 0.2) is 36.7 Å².